The molecule has 0 aliphatic carbocycles. The number of carbonyl (C=O) groups is 1. The van der Waals surface area contributed by atoms with E-state index in [4.69, 9.17) is 16.3 Å². The second-order valence-corrected chi connectivity index (χ2v) is 7.84. The summed E-state index contributed by atoms with van der Waals surface area (Å²) in [4.78, 5) is 12.5. The van der Waals surface area contributed by atoms with E-state index >= 15 is 0 Å². The molecule has 26 heavy (non-hydrogen) atoms. The van der Waals surface area contributed by atoms with Crippen LogP contribution in [0.3, 0.4) is 0 Å². The van der Waals surface area contributed by atoms with Crippen molar-refractivity contribution >= 4 is 27.5 Å². The van der Waals surface area contributed by atoms with Crippen molar-refractivity contribution in [2.24, 2.45) is 0 Å². The summed E-state index contributed by atoms with van der Waals surface area (Å²) >= 11 is 6.08. The van der Waals surface area contributed by atoms with Crippen molar-refractivity contribution in [1.82, 2.24) is 10.0 Å². The van der Waals surface area contributed by atoms with Crippen LogP contribution in [0.1, 0.15) is 35.8 Å². The van der Waals surface area contributed by atoms with Crippen LogP contribution in [0.4, 0.5) is 0 Å². The molecule has 0 fully saturated rings. The van der Waals surface area contributed by atoms with Crippen LogP contribution in [-0.4, -0.2) is 28.0 Å². The zero-order valence-corrected chi connectivity index (χ0v) is 16.3. The average molecular weight is 397 g/mol. The molecule has 6 nitrogen and oxygen atoms in total. The summed E-state index contributed by atoms with van der Waals surface area (Å²) in [7, 11) is -2.36. The van der Waals surface area contributed by atoms with E-state index in [-0.39, 0.29) is 21.5 Å². The number of nitrogens with one attached hydrogen (secondary N) is 2. The molecule has 2 aromatic rings. The van der Waals surface area contributed by atoms with Gasteiger partial charge in [0, 0.05) is 0 Å². The van der Waals surface area contributed by atoms with Gasteiger partial charge in [0.15, 0.2) is 0 Å². The predicted octanol–water partition coefficient (Wildman–Crippen LogP) is 3.14. The molecule has 8 heteroatoms. The van der Waals surface area contributed by atoms with Crippen molar-refractivity contribution in [2.75, 3.05) is 13.7 Å². The summed E-state index contributed by atoms with van der Waals surface area (Å²) in [6, 6.07) is 11.1. The third-order valence-electron chi connectivity index (χ3n) is 3.80. The molecule has 0 saturated heterocycles. The zero-order valence-electron chi connectivity index (χ0n) is 14.7. The highest BCUT2D eigenvalue weighted by molar-refractivity contribution is 7.89. The van der Waals surface area contributed by atoms with Gasteiger partial charge in [0.05, 0.1) is 28.1 Å². The quantitative estimate of drug-likeness (QED) is 0.753. The van der Waals surface area contributed by atoms with Crippen LogP contribution in [0.15, 0.2) is 47.4 Å². The highest BCUT2D eigenvalue weighted by atomic mass is 35.5. The van der Waals surface area contributed by atoms with Gasteiger partial charge in [0.2, 0.25) is 10.0 Å². The maximum atomic E-state index is 12.6. The second-order valence-electron chi connectivity index (χ2n) is 5.55. The van der Waals surface area contributed by atoms with Gasteiger partial charge in [-0.15, -0.1) is 0 Å². The molecule has 2 N–H and O–H groups in total. The lowest BCUT2D eigenvalue weighted by molar-refractivity contribution is 0.0940. The molecule has 0 heterocycles. The van der Waals surface area contributed by atoms with Crippen LogP contribution < -0.4 is 14.8 Å². The standard InChI is InChI=1S/C18H21ClN2O4S/c1-4-25-14-7-5-13(6-8-14)12(2)21-18(22)16-11-15(9-10-17(16)19)26(23,24)20-3/h5-12,20H,4H2,1-3H3,(H,21,22). The lowest BCUT2D eigenvalue weighted by atomic mass is 10.1. The van der Waals surface area contributed by atoms with Crippen LogP contribution in [0.2, 0.25) is 5.02 Å². The van der Waals surface area contributed by atoms with Crippen molar-refractivity contribution in [2.45, 2.75) is 24.8 Å². The summed E-state index contributed by atoms with van der Waals surface area (Å²) in [6.07, 6.45) is 0. The van der Waals surface area contributed by atoms with Gasteiger partial charge in [0.1, 0.15) is 5.75 Å². The van der Waals surface area contributed by atoms with Gasteiger partial charge in [-0.3, -0.25) is 4.79 Å². The summed E-state index contributed by atoms with van der Waals surface area (Å²) in [5.74, 6) is 0.298. The third-order valence-corrected chi connectivity index (χ3v) is 5.54. The fourth-order valence-corrected chi connectivity index (χ4v) is 3.30. The van der Waals surface area contributed by atoms with Crippen molar-refractivity contribution in [3.05, 3.63) is 58.6 Å². The molecule has 1 atom stereocenters. The molecule has 0 radical (unpaired) electrons. The number of sulfonamides is 1. The average Bonchev–Trinajstić information content (AvgIpc) is 2.62. The monoisotopic (exact) mass is 396 g/mol. The normalized spacial score (nSPS) is 12.5. The van der Waals surface area contributed by atoms with E-state index in [2.05, 4.69) is 10.0 Å². The Kier molecular flexibility index (Phi) is 6.63. The number of ether oxygens (including phenoxy) is 1. The first-order valence-electron chi connectivity index (χ1n) is 8.05. The predicted molar refractivity (Wildman–Crippen MR) is 101 cm³/mol. The van der Waals surface area contributed by atoms with Crippen LogP contribution >= 0.6 is 11.6 Å². The first kappa shape index (κ1) is 20.2. The lowest BCUT2D eigenvalue weighted by Crippen LogP contribution is -2.27. The highest BCUT2D eigenvalue weighted by Crippen LogP contribution is 2.22. The summed E-state index contributed by atoms with van der Waals surface area (Å²) in [5, 5.41) is 3.00. The fraction of sp³-hybridized carbons (Fsp3) is 0.278. The van der Waals surface area contributed by atoms with E-state index in [9.17, 15) is 13.2 Å². The Bertz CT molecular complexity index is 883. The molecule has 0 aliphatic rings. The zero-order chi connectivity index (χ0) is 19.3. The van der Waals surface area contributed by atoms with E-state index < -0.39 is 15.9 Å². The molecule has 140 valence electrons. The van der Waals surface area contributed by atoms with Gasteiger partial charge in [-0.05, 0) is 56.8 Å². The van der Waals surface area contributed by atoms with Gasteiger partial charge in [-0.1, -0.05) is 23.7 Å². The Labute approximate surface area is 158 Å². The van der Waals surface area contributed by atoms with Gasteiger partial charge in [0.25, 0.3) is 5.91 Å². The Morgan fingerprint density at radius 1 is 1.19 bits per heavy atom. The van der Waals surface area contributed by atoms with Gasteiger partial charge < -0.3 is 10.1 Å². The first-order chi connectivity index (χ1) is 12.3. The molecule has 0 bridgehead atoms. The number of amides is 1. The Morgan fingerprint density at radius 2 is 1.85 bits per heavy atom. The molecule has 0 aromatic heterocycles. The minimum Gasteiger partial charge on any atom is -0.494 e. The topological polar surface area (TPSA) is 84.5 Å². The Hall–Kier alpha value is -2.09. The van der Waals surface area contributed by atoms with E-state index in [1.165, 1.54) is 25.2 Å². The molecule has 0 spiro atoms. The van der Waals surface area contributed by atoms with E-state index in [1.807, 2.05) is 38.1 Å². The molecule has 1 unspecified atom stereocenters. The maximum absolute atomic E-state index is 12.6. The molecule has 0 aliphatic heterocycles. The van der Waals surface area contributed by atoms with Crippen LogP contribution in [0, 0.1) is 0 Å². The third kappa shape index (κ3) is 4.75. The van der Waals surface area contributed by atoms with Crippen molar-refractivity contribution < 1.29 is 17.9 Å². The number of rotatable bonds is 7. The van der Waals surface area contributed by atoms with Crippen LogP contribution in [0.5, 0.6) is 5.75 Å². The molecular formula is C18H21ClN2O4S. The minimum atomic E-state index is -3.66. The summed E-state index contributed by atoms with van der Waals surface area (Å²) < 4.78 is 31.4. The van der Waals surface area contributed by atoms with Crippen LogP contribution in [0.25, 0.3) is 0 Å². The SMILES string of the molecule is CCOc1ccc(C(C)NC(=O)c2cc(S(=O)(=O)NC)ccc2Cl)cc1. The van der Waals surface area contributed by atoms with E-state index in [0.29, 0.717) is 6.61 Å². The largest absolute Gasteiger partial charge is 0.494 e. The number of benzene rings is 2. The van der Waals surface area contributed by atoms with Gasteiger partial charge in [-0.2, -0.15) is 0 Å². The van der Waals surface area contributed by atoms with Crippen molar-refractivity contribution in [3.8, 4) is 5.75 Å². The summed E-state index contributed by atoms with van der Waals surface area (Å²) in [5.41, 5.74) is 0.984. The van der Waals surface area contributed by atoms with E-state index in [0.717, 1.165) is 11.3 Å². The number of carbonyl (C=O) groups excluding carboxylic acids is 1. The first-order valence-corrected chi connectivity index (χ1v) is 9.91. The molecule has 2 rings (SSSR count). The number of halogens is 1. The Balaban J connectivity index is 2.20. The van der Waals surface area contributed by atoms with Crippen molar-refractivity contribution in [1.29, 1.82) is 0 Å². The molecule has 1 amide bonds. The smallest absolute Gasteiger partial charge is 0.253 e. The molecule has 2 aromatic carbocycles. The number of hydrogen-bond donors (Lipinski definition) is 2. The molecular weight excluding hydrogens is 376 g/mol. The van der Waals surface area contributed by atoms with Gasteiger partial charge in [-0.25, -0.2) is 13.1 Å². The maximum Gasteiger partial charge on any atom is 0.253 e. The second kappa shape index (κ2) is 8.53. The number of hydrogen-bond acceptors (Lipinski definition) is 4. The minimum absolute atomic E-state index is 0.0247. The Morgan fingerprint density at radius 3 is 2.42 bits per heavy atom. The van der Waals surface area contributed by atoms with Crippen LogP contribution in [-0.2, 0) is 10.0 Å². The highest BCUT2D eigenvalue weighted by Gasteiger charge is 2.19. The van der Waals surface area contributed by atoms with Gasteiger partial charge >= 0.3 is 0 Å². The summed E-state index contributed by atoms with van der Waals surface area (Å²) in [6.45, 7) is 4.31. The fourth-order valence-electron chi connectivity index (χ4n) is 2.34. The lowest BCUT2D eigenvalue weighted by Gasteiger charge is -2.16. The van der Waals surface area contributed by atoms with Crippen molar-refractivity contribution in [3.63, 3.8) is 0 Å². The molecule has 0 saturated carbocycles. The van der Waals surface area contributed by atoms with E-state index in [1.54, 1.807) is 0 Å².